The fraction of sp³-hybridized carbons (Fsp3) is 0.235. The molecule has 0 unspecified atom stereocenters. The van der Waals surface area contributed by atoms with Crippen LogP contribution in [0.4, 0.5) is 5.88 Å². The van der Waals surface area contributed by atoms with E-state index in [1.807, 2.05) is 12.1 Å². The summed E-state index contributed by atoms with van der Waals surface area (Å²) < 4.78 is 6.81. The second-order valence-corrected chi connectivity index (χ2v) is 5.73. The number of fused-ring (bicyclic) bond motifs is 1. The third-order valence-corrected chi connectivity index (χ3v) is 4.00. The van der Waals surface area contributed by atoms with E-state index in [9.17, 15) is 10.1 Å². The summed E-state index contributed by atoms with van der Waals surface area (Å²) in [4.78, 5) is 12.5. The van der Waals surface area contributed by atoms with Gasteiger partial charge in [-0.15, -0.1) is 0 Å². The van der Waals surface area contributed by atoms with Gasteiger partial charge in [0.25, 0.3) is 5.56 Å². The highest BCUT2D eigenvalue weighted by Crippen LogP contribution is 2.09. The summed E-state index contributed by atoms with van der Waals surface area (Å²) in [6.45, 7) is 3.52. The number of aromatic nitrogens is 1. The van der Waals surface area contributed by atoms with Gasteiger partial charge in [-0.1, -0.05) is 0 Å². The summed E-state index contributed by atoms with van der Waals surface area (Å²) in [6, 6.07) is 5.16. The van der Waals surface area contributed by atoms with E-state index >= 15 is 0 Å². The predicted molar refractivity (Wildman–Crippen MR) is 89.6 cm³/mol. The lowest BCUT2D eigenvalue weighted by Crippen LogP contribution is -2.46. The van der Waals surface area contributed by atoms with Gasteiger partial charge in [0, 0.05) is 17.5 Å². The molecular formula is C17H17N5O2. The Morgan fingerprint density at radius 1 is 1.42 bits per heavy atom. The molecule has 24 heavy (non-hydrogen) atoms. The molecule has 0 spiro atoms. The maximum atomic E-state index is 12.5. The molecule has 2 heterocycles. The number of anilines is 1. The molecule has 122 valence electrons. The Balaban J connectivity index is 2.27. The van der Waals surface area contributed by atoms with Crippen LogP contribution in [0.2, 0.25) is 0 Å². The van der Waals surface area contributed by atoms with Gasteiger partial charge in [0.2, 0.25) is 0 Å². The first-order chi connectivity index (χ1) is 11.4. The summed E-state index contributed by atoms with van der Waals surface area (Å²) in [5.74, 6) is 0.173. The van der Waals surface area contributed by atoms with Gasteiger partial charge >= 0.3 is 0 Å². The van der Waals surface area contributed by atoms with Crippen LogP contribution in [0.25, 0.3) is 11.8 Å². The van der Waals surface area contributed by atoms with E-state index in [2.05, 4.69) is 5.43 Å². The van der Waals surface area contributed by atoms with E-state index in [0.717, 1.165) is 0 Å². The highest BCUT2D eigenvalue weighted by Gasteiger charge is 2.14. The number of nitrogens with two attached hydrogens (primary N) is 1. The molecule has 0 atom stereocenters. The second-order valence-electron chi connectivity index (χ2n) is 5.73. The first-order valence-electron chi connectivity index (χ1n) is 7.50. The van der Waals surface area contributed by atoms with Crippen molar-refractivity contribution in [2.24, 2.45) is 0 Å². The van der Waals surface area contributed by atoms with Gasteiger partial charge in [-0.25, -0.2) is 4.68 Å². The molecule has 2 aromatic rings. The molecule has 1 aliphatic carbocycles. The number of pyridine rings is 1. The van der Waals surface area contributed by atoms with E-state index in [1.165, 1.54) is 10.7 Å². The average Bonchev–Trinajstić information content (AvgIpc) is 2.51. The molecule has 0 aromatic carbocycles. The smallest absolute Gasteiger partial charge is 0.287 e. The number of hydrogen-bond donors (Lipinski definition) is 3. The van der Waals surface area contributed by atoms with Crippen molar-refractivity contribution < 1.29 is 4.42 Å². The Morgan fingerprint density at radius 3 is 2.88 bits per heavy atom. The summed E-state index contributed by atoms with van der Waals surface area (Å²) in [5.41, 5.74) is 11.0. The normalized spacial score (nSPS) is 13.0. The number of hydrogen-bond acceptors (Lipinski definition) is 6. The molecule has 0 bridgehead atoms. The summed E-state index contributed by atoms with van der Waals surface area (Å²) in [5, 5.41) is 18.1. The fourth-order valence-electron chi connectivity index (χ4n) is 2.89. The van der Waals surface area contributed by atoms with Crippen LogP contribution < -0.4 is 32.7 Å². The van der Waals surface area contributed by atoms with E-state index in [-0.39, 0.29) is 16.8 Å². The molecule has 0 amide bonds. The maximum Gasteiger partial charge on any atom is 0.287 e. The molecule has 0 saturated heterocycles. The number of aryl methyl sites for hydroxylation is 2. The van der Waals surface area contributed by atoms with Gasteiger partial charge in [-0.2, -0.15) is 5.26 Å². The van der Waals surface area contributed by atoms with Crippen LogP contribution >= 0.6 is 0 Å². The lowest BCUT2D eigenvalue weighted by molar-refractivity contribution is 0.522. The Labute approximate surface area is 137 Å². The number of nitrogens with zero attached hydrogens (tertiary/aromatic N) is 2. The van der Waals surface area contributed by atoms with Gasteiger partial charge in [-0.3, -0.25) is 15.6 Å². The van der Waals surface area contributed by atoms with E-state index in [4.69, 9.17) is 15.6 Å². The van der Waals surface area contributed by atoms with Crippen LogP contribution in [0.5, 0.6) is 0 Å². The van der Waals surface area contributed by atoms with Crippen molar-refractivity contribution in [3.05, 3.63) is 55.3 Å². The molecule has 0 saturated carbocycles. The maximum absolute atomic E-state index is 12.5. The molecule has 3 rings (SSSR count). The van der Waals surface area contributed by atoms with E-state index < -0.39 is 5.56 Å². The number of nitrogens with one attached hydrogen (secondary N) is 2. The van der Waals surface area contributed by atoms with Crippen molar-refractivity contribution in [3.63, 3.8) is 0 Å². The predicted octanol–water partition coefficient (Wildman–Crippen LogP) is -0.0823. The van der Waals surface area contributed by atoms with Crippen molar-refractivity contribution >= 4 is 17.7 Å². The molecule has 7 heteroatoms. The van der Waals surface area contributed by atoms with Gasteiger partial charge in [-0.05, 0) is 44.4 Å². The molecule has 0 aliphatic heterocycles. The molecule has 4 N–H and O–H groups in total. The van der Waals surface area contributed by atoms with Crippen LogP contribution in [-0.2, 0) is 0 Å². The van der Waals surface area contributed by atoms with Crippen molar-refractivity contribution in [1.82, 2.24) is 4.68 Å². The standard InChI is InChI=1S/C17H17N5O2/c1-9-6-10(2)22(17(23)11(9)8-18)21-13-4-3-5-14-16(13)12(19)7-15(20)24-14/h5-7,19,21H,3-4,20H2,1-2H3. The highest BCUT2D eigenvalue weighted by molar-refractivity contribution is 5.55. The lowest BCUT2D eigenvalue weighted by atomic mass is 10.1. The van der Waals surface area contributed by atoms with Crippen LogP contribution in [-0.4, -0.2) is 4.68 Å². The monoisotopic (exact) mass is 323 g/mol. The van der Waals surface area contributed by atoms with Gasteiger partial charge in [0.15, 0.2) is 5.88 Å². The Kier molecular flexibility index (Phi) is 3.73. The minimum atomic E-state index is -0.405. The fourth-order valence-corrected chi connectivity index (χ4v) is 2.89. The van der Waals surface area contributed by atoms with Crippen LogP contribution in [0.1, 0.15) is 29.7 Å². The minimum Gasteiger partial charge on any atom is -0.441 e. The average molecular weight is 323 g/mol. The Morgan fingerprint density at radius 2 is 2.17 bits per heavy atom. The number of nitrogen functional groups attached to an aromatic ring is 1. The van der Waals surface area contributed by atoms with Gasteiger partial charge in [0.05, 0.1) is 10.6 Å². The first kappa shape index (κ1) is 15.6. The first-order valence-corrected chi connectivity index (χ1v) is 7.50. The number of rotatable bonds is 2. The summed E-state index contributed by atoms with van der Waals surface area (Å²) in [7, 11) is 0. The molecular weight excluding hydrogens is 306 g/mol. The largest absolute Gasteiger partial charge is 0.441 e. The topological polar surface area (TPSA) is 121 Å². The number of nitriles is 1. The Bertz CT molecular complexity index is 1120. The molecule has 7 nitrogen and oxygen atoms in total. The third-order valence-electron chi connectivity index (χ3n) is 4.00. The quantitative estimate of drug-likeness (QED) is 0.713. The molecule has 0 fully saturated rings. The summed E-state index contributed by atoms with van der Waals surface area (Å²) in [6.07, 6.45) is 3.20. The zero-order chi connectivity index (χ0) is 17.4. The molecule has 1 aliphatic rings. The van der Waals surface area contributed by atoms with Crippen LogP contribution in [0, 0.1) is 30.6 Å². The Hall–Kier alpha value is -3.27. The van der Waals surface area contributed by atoms with Crippen molar-refractivity contribution in [2.45, 2.75) is 26.7 Å². The van der Waals surface area contributed by atoms with Crippen LogP contribution in [0.3, 0.4) is 0 Å². The van der Waals surface area contributed by atoms with Gasteiger partial charge in [0.1, 0.15) is 17.0 Å². The zero-order valence-electron chi connectivity index (χ0n) is 13.4. The summed E-state index contributed by atoms with van der Waals surface area (Å²) >= 11 is 0. The van der Waals surface area contributed by atoms with Crippen LogP contribution in [0.15, 0.2) is 21.3 Å². The van der Waals surface area contributed by atoms with Crippen molar-refractivity contribution in [1.29, 1.82) is 10.7 Å². The van der Waals surface area contributed by atoms with Crippen molar-refractivity contribution in [3.8, 4) is 6.07 Å². The highest BCUT2D eigenvalue weighted by atomic mass is 16.3. The van der Waals surface area contributed by atoms with E-state index in [1.54, 1.807) is 19.9 Å². The van der Waals surface area contributed by atoms with Crippen molar-refractivity contribution in [2.75, 3.05) is 11.2 Å². The minimum absolute atomic E-state index is 0.101. The molecule has 2 aromatic heterocycles. The van der Waals surface area contributed by atoms with Gasteiger partial charge < -0.3 is 10.2 Å². The molecule has 0 radical (unpaired) electrons. The zero-order valence-corrected chi connectivity index (χ0v) is 13.4. The lowest BCUT2D eigenvalue weighted by Gasteiger charge is -2.18. The SMILES string of the molecule is Cc1cc(C)n(NC2=c3c(=N)cc(N)oc3=CCC2)c(=O)c1C#N. The van der Waals surface area contributed by atoms with E-state index in [0.29, 0.717) is 40.4 Å². The second kappa shape index (κ2) is 5.74. The third kappa shape index (κ3) is 2.48.